The Hall–Kier alpha value is -3.47. The van der Waals surface area contributed by atoms with Crippen molar-refractivity contribution >= 4 is 28.2 Å². The molecule has 11 heteroatoms. The van der Waals surface area contributed by atoms with Gasteiger partial charge in [-0.1, -0.05) is 0 Å². The van der Waals surface area contributed by atoms with Crippen LogP contribution in [0.5, 0.6) is 5.75 Å². The van der Waals surface area contributed by atoms with Crippen LogP contribution in [0.25, 0.3) is 16.6 Å². The molecule has 1 aliphatic heterocycles. The number of benzene rings is 1. The minimum Gasteiger partial charge on any atom is -0.494 e. The first-order chi connectivity index (χ1) is 16.5. The van der Waals surface area contributed by atoms with E-state index in [0.717, 1.165) is 18.5 Å². The molecule has 1 fully saturated rings. The third kappa shape index (κ3) is 5.00. The Bertz CT molecular complexity index is 1300. The number of aliphatic hydroxyl groups is 1. The normalized spacial score (nSPS) is 19.4. The molecule has 188 valence electrons. The van der Waals surface area contributed by atoms with Crippen molar-refractivity contribution in [3.63, 3.8) is 0 Å². The highest BCUT2D eigenvalue weighted by atomic mass is 19.1. The molecule has 0 radical (unpaired) electrons. The molecule has 35 heavy (non-hydrogen) atoms. The summed E-state index contributed by atoms with van der Waals surface area (Å²) in [5.41, 5.74) is 7.35. The summed E-state index contributed by atoms with van der Waals surface area (Å²) in [6, 6.07) is 2.84. The predicted molar refractivity (Wildman–Crippen MR) is 133 cm³/mol. The molecular weight excluding hydrogens is 451 g/mol. The van der Waals surface area contributed by atoms with Crippen molar-refractivity contribution in [2.45, 2.75) is 58.1 Å². The quantitative estimate of drug-likeness (QED) is 0.376. The minimum atomic E-state index is -0.868. The van der Waals surface area contributed by atoms with Gasteiger partial charge in [-0.05, 0) is 46.6 Å². The van der Waals surface area contributed by atoms with E-state index in [1.54, 1.807) is 27.0 Å². The van der Waals surface area contributed by atoms with Crippen LogP contribution in [-0.2, 0) is 0 Å². The molecule has 2 atom stereocenters. The molecular formula is C24H33FN8O2. The standard InChI is InChI=1S/C24H33FN8O2/c1-13-6-7-15(11-32(13)18(14(2)26)10-28-12-24(3,4)34)21-30-22-17-8-16(25)9-19(35-5)20(17)29-23(27)33(22)31-21/h8-10,13,15,26,28,34H,6-7,11-12H2,1-5H3,(H2,27,29)/b18-10+,26-14?. The lowest BCUT2D eigenvalue weighted by molar-refractivity contribution is 0.0832. The van der Waals surface area contributed by atoms with Gasteiger partial charge in [-0.15, -0.1) is 5.10 Å². The van der Waals surface area contributed by atoms with E-state index in [9.17, 15) is 9.50 Å². The lowest BCUT2D eigenvalue weighted by Gasteiger charge is -2.40. The van der Waals surface area contributed by atoms with Gasteiger partial charge in [-0.3, -0.25) is 0 Å². The number of rotatable bonds is 7. The molecule has 0 bridgehead atoms. The van der Waals surface area contributed by atoms with Crippen LogP contribution in [0.3, 0.4) is 0 Å². The number of ether oxygens (including phenoxy) is 1. The van der Waals surface area contributed by atoms with E-state index < -0.39 is 11.4 Å². The maximum Gasteiger partial charge on any atom is 0.223 e. The van der Waals surface area contributed by atoms with Crippen LogP contribution in [0.15, 0.2) is 24.0 Å². The maximum absolute atomic E-state index is 14.3. The lowest BCUT2D eigenvalue weighted by Crippen LogP contribution is -2.43. The molecule has 3 aromatic rings. The largest absolute Gasteiger partial charge is 0.494 e. The molecule has 0 amide bonds. The van der Waals surface area contributed by atoms with Crippen molar-refractivity contribution in [3.8, 4) is 5.75 Å². The zero-order chi connectivity index (χ0) is 25.5. The summed E-state index contributed by atoms with van der Waals surface area (Å²) in [5, 5.41) is 26.6. The zero-order valence-corrected chi connectivity index (χ0v) is 20.8. The number of nitrogens with zero attached hydrogens (tertiary/aromatic N) is 5. The Morgan fingerprint density at radius 2 is 2.11 bits per heavy atom. The molecule has 2 aromatic heterocycles. The first-order valence-corrected chi connectivity index (χ1v) is 11.7. The van der Waals surface area contributed by atoms with Crippen LogP contribution in [0, 0.1) is 11.2 Å². The molecule has 0 spiro atoms. The fourth-order valence-electron chi connectivity index (χ4n) is 4.47. The second-order valence-corrected chi connectivity index (χ2v) is 9.80. The van der Waals surface area contributed by atoms with Gasteiger partial charge in [0, 0.05) is 37.3 Å². The van der Waals surface area contributed by atoms with Gasteiger partial charge >= 0.3 is 0 Å². The van der Waals surface area contributed by atoms with Crippen LogP contribution in [0.4, 0.5) is 10.3 Å². The molecule has 1 saturated heterocycles. The minimum absolute atomic E-state index is 0.0203. The van der Waals surface area contributed by atoms with Gasteiger partial charge in [0.15, 0.2) is 11.5 Å². The highest BCUT2D eigenvalue weighted by Gasteiger charge is 2.31. The predicted octanol–water partition coefficient (Wildman–Crippen LogP) is 2.82. The average molecular weight is 485 g/mol. The number of nitrogens with one attached hydrogen (secondary N) is 2. The fourth-order valence-corrected chi connectivity index (χ4v) is 4.47. The highest BCUT2D eigenvalue weighted by molar-refractivity contribution is 5.96. The van der Waals surface area contributed by atoms with Crippen molar-refractivity contribution in [1.82, 2.24) is 29.8 Å². The highest BCUT2D eigenvalue weighted by Crippen LogP contribution is 2.33. The summed E-state index contributed by atoms with van der Waals surface area (Å²) in [4.78, 5) is 11.3. The van der Waals surface area contributed by atoms with E-state index in [2.05, 4.69) is 27.2 Å². The van der Waals surface area contributed by atoms with Gasteiger partial charge in [0.2, 0.25) is 5.95 Å². The van der Waals surface area contributed by atoms with Crippen LogP contribution < -0.4 is 15.8 Å². The first-order valence-electron chi connectivity index (χ1n) is 11.7. The summed E-state index contributed by atoms with van der Waals surface area (Å²) in [6.45, 7) is 8.30. The van der Waals surface area contributed by atoms with Crippen LogP contribution >= 0.6 is 0 Å². The number of aromatic nitrogens is 4. The summed E-state index contributed by atoms with van der Waals surface area (Å²) in [6.07, 6.45) is 3.53. The van der Waals surface area contributed by atoms with E-state index in [1.165, 1.54) is 23.8 Å². The number of hydrogen-bond acceptors (Lipinski definition) is 9. The van der Waals surface area contributed by atoms with E-state index in [-0.39, 0.29) is 23.7 Å². The number of nitrogens with two attached hydrogens (primary N) is 1. The molecule has 5 N–H and O–H groups in total. The Morgan fingerprint density at radius 1 is 1.37 bits per heavy atom. The fraction of sp³-hybridized carbons (Fsp3) is 0.500. The van der Waals surface area contributed by atoms with E-state index >= 15 is 0 Å². The number of allylic oxidation sites excluding steroid dienone is 1. The van der Waals surface area contributed by atoms with E-state index in [4.69, 9.17) is 20.9 Å². The number of methoxy groups -OCH3 is 1. The van der Waals surface area contributed by atoms with Crippen molar-refractivity contribution in [2.24, 2.45) is 0 Å². The summed E-state index contributed by atoms with van der Waals surface area (Å²) in [5.74, 6) is 0.542. The Kier molecular flexibility index (Phi) is 6.54. The summed E-state index contributed by atoms with van der Waals surface area (Å²) >= 11 is 0. The van der Waals surface area contributed by atoms with Crippen molar-refractivity contribution < 1.29 is 14.2 Å². The first kappa shape index (κ1) is 24.6. The average Bonchev–Trinajstić information content (AvgIpc) is 3.23. The van der Waals surface area contributed by atoms with Gasteiger partial charge in [0.25, 0.3) is 0 Å². The van der Waals surface area contributed by atoms with Crippen LogP contribution in [0.1, 0.15) is 52.3 Å². The van der Waals surface area contributed by atoms with Gasteiger partial charge < -0.3 is 31.2 Å². The summed E-state index contributed by atoms with van der Waals surface area (Å²) < 4.78 is 21.0. The number of halogens is 1. The second kappa shape index (κ2) is 9.29. The Balaban J connectivity index is 1.70. The van der Waals surface area contributed by atoms with E-state index in [1.807, 2.05) is 0 Å². The molecule has 3 heterocycles. The number of hydrogen-bond donors (Lipinski definition) is 4. The number of likely N-dealkylation sites (tertiary alicyclic amines) is 1. The molecule has 2 unspecified atom stereocenters. The third-order valence-corrected chi connectivity index (χ3v) is 6.28. The molecule has 0 aliphatic carbocycles. The number of fused-ring (bicyclic) bond motifs is 3. The van der Waals surface area contributed by atoms with Crippen molar-refractivity contribution in [3.05, 3.63) is 35.7 Å². The zero-order valence-electron chi connectivity index (χ0n) is 20.8. The molecule has 0 saturated carbocycles. The second-order valence-electron chi connectivity index (χ2n) is 9.80. The lowest BCUT2D eigenvalue weighted by atomic mass is 9.92. The van der Waals surface area contributed by atoms with Crippen molar-refractivity contribution in [2.75, 3.05) is 25.9 Å². The molecule has 1 aromatic carbocycles. The smallest absolute Gasteiger partial charge is 0.223 e. The van der Waals surface area contributed by atoms with Gasteiger partial charge in [-0.2, -0.15) is 4.52 Å². The SMILES string of the molecule is COc1cc(F)cc2c1nc(N)n1nc(C3CCC(C)N(/C(=C/NCC(C)(C)O)C(C)=N)C3)nc21. The number of anilines is 1. The van der Waals surface area contributed by atoms with Crippen LogP contribution in [-0.4, -0.2) is 67.1 Å². The van der Waals surface area contributed by atoms with Gasteiger partial charge in [0.05, 0.1) is 29.5 Å². The van der Waals surface area contributed by atoms with Crippen LogP contribution in [0.2, 0.25) is 0 Å². The number of piperidine rings is 1. The Morgan fingerprint density at radius 3 is 2.77 bits per heavy atom. The maximum atomic E-state index is 14.3. The molecule has 4 rings (SSSR count). The van der Waals surface area contributed by atoms with E-state index in [0.29, 0.717) is 41.2 Å². The summed E-state index contributed by atoms with van der Waals surface area (Å²) in [7, 11) is 1.45. The third-order valence-electron chi connectivity index (χ3n) is 6.28. The Labute approximate surface area is 203 Å². The van der Waals surface area contributed by atoms with Gasteiger partial charge in [-0.25, -0.2) is 14.4 Å². The monoisotopic (exact) mass is 484 g/mol. The molecule has 10 nitrogen and oxygen atoms in total. The topological polar surface area (TPSA) is 138 Å². The number of nitrogen functional groups attached to an aromatic ring is 1. The van der Waals surface area contributed by atoms with Gasteiger partial charge in [0.1, 0.15) is 17.1 Å². The van der Waals surface area contributed by atoms with Crippen molar-refractivity contribution in [1.29, 1.82) is 5.41 Å². The molecule has 1 aliphatic rings.